The van der Waals surface area contributed by atoms with Gasteiger partial charge in [0.05, 0.1) is 9.85 Å². The number of amides is 1. The van der Waals surface area contributed by atoms with E-state index < -0.39 is 27.1 Å². The zero-order valence-corrected chi connectivity index (χ0v) is 13.8. The first-order chi connectivity index (χ1) is 12.5. The second-order valence-electron chi connectivity index (χ2n) is 5.91. The number of nitro groups is 2. The standard InChI is InChI=1S/C17H16N4O5/c22-17(12-3-6-14(7-4-12)19-9-1-2-10-19)18-13-5-8-15(20(23)24)16(11-13)21(25)26/h3-8,11H,1-2,9-10H2,(H,18,22). The van der Waals surface area contributed by atoms with Crippen LogP contribution in [0, 0.1) is 20.2 Å². The van der Waals surface area contributed by atoms with Crippen LogP contribution in [0.1, 0.15) is 23.2 Å². The molecule has 1 amide bonds. The van der Waals surface area contributed by atoms with E-state index in [1.807, 2.05) is 12.1 Å². The van der Waals surface area contributed by atoms with Crippen molar-refractivity contribution >= 4 is 28.7 Å². The quantitative estimate of drug-likeness (QED) is 0.648. The van der Waals surface area contributed by atoms with E-state index in [9.17, 15) is 25.0 Å². The third-order valence-corrected chi connectivity index (χ3v) is 4.23. The number of nitrogens with one attached hydrogen (secondary N) is 1. The van der Waals surface area contributed by atoms with Crippen LogP contribution < -0.4 is 10.2 Å². The number of carbonyl (C=O) groups is 1. The molecule has 1 N–H and O–H groups in total. The molecule has 9 heteroatoms. The van der Waals surface area contributed by atoms with E-state index in [-0.39, 0.29) is 5.69 Å². The molecule has 2 aromatic rings. The lowest BCUT2D eigenvalue weighted by atomic mass is 10.1. The predicted octanol–water partition coefficient (Wildman–Crippen LogP) is 3.36. The van der Waals surface area contributed by atoms with Gasteiger partial charge in [-0.2, -0.15) is 0 Å². The average molecular weight is 356 g/mol. The summed E-state index contributed by atoms with van der Waals surface area (Å²) >= 11 is 0. The molecule has 3 rings (SSSR count). The number of benzene rings is 2. The van der Waals surface area contributed by atoms with Crippen LogP contribution in [0.2, 0.25) is 0 Å². The Morgan fingerprint density at radius 1 is 0.923 bits per heavy atom. The summed E-state index contributed by atoms with van der Waals surface area (Å²) in [5.74, 6) is -0.443. The maximum absolute atomic E-state index is 12.3. The molecule has 1 fully saturated rings. The second kappa shape index (κ2) is 7.18. The van der Waals surface area contributed by atoms with Gasteiger partial charge in [-0.05, 0) is 43.2 Å². The molecule has 0 spiro atoms. The largest absolute Gasteiger partial charge is 0.372 e. The lowest BCUT2D eigenvalue weighted by molar-refractivity contribution is -0.422. The Hall–Kier alpha value is -3.49. The van der Waals surface area contributed by atoms with Crippen LogP contribution in [0.4, 0.5) is 22.7 Å². The molecule has 1 aliphatic rings. The normalized spacial score (nSPS) is 13.5. The fraction of sp³-hybridized carbons (Fsp3) is 0.235. The summed E-state index contributed by atoms with van der Waals surface area (Å²) in [4.78, 5) is 34.7. The van der Waals surface area contributed by atoms with Crippen molar-refractivity contribution in [3.05, 3.63) is 68.3 Å². The molecule has 1 saturated heterocycles. The summed E-state index contributed by atoms with van der Waals surface area (Å²) in [6.07, 6.45) is 2.31. The summed E-state index contributed by atoms with van der Waals surface area (Å²) in [5.41, 5.74) is 0.273. The van der Waals surface area contributed by atoms with Gasteiger partial charge in [0.1, 0.15) is 0 Å². The molecule has 0 aromatic heterocycles. The van der Waals surface area contributed by atoms with E-state index in [1.54, 1.807) is 12.1 Å². The second-order valence-corrected chi connectivity index (χ2v) is 5.91. The minimum absolute atomic E-state index is 0.121. The number of hydrogen-bond donors (Lipinski definition) is 1. The molecular formula is C17H16N4O5. The van der Waals surface area contributed by atoms with Crippen molar-refractivity contribution in [1.29, 1.82) is 0 Å². The summed E-state index contributed by atoms with van der Waals surface area (Å²) in [6, 6.07) is 10.3. The van der Waals surface area contributed by atoms with Crippen LogP contribution in [0.15, 0.2) is 42.5 Å². The van der Waals surface area contributed by atoms with Crippen LogP contribution >= 0.6 is 0 Å². The molecule has 0 unspecified atom stereocenters. The first-order valence-corrected chi connectivity index (χ1v) is 8.05. The van der Waals surface area contributed by atoms with E-state index >= 15 is 0 Å². The van der Waals surface area contributed by atoms with Crippen LogP contribution in [0.25, 0.3) is 0 Å². The topological polar surface area (TPSA) is 119 Å². The summed E-state index contributed by atoms with van der Waals surface area (Å²) in [5, 5.41) is 24.3. The van der Waals surface area contributed by atoms with Gasteiger partial charge in [-0.15, -0.1) is 0 Å². The van der Waals surface area contributed by atoms with Gasteiger partial charge in [-0.25, -0.2) is 0 Å². The molecule has 134 valence electrons. The molecule has 0 atom stereocenters. The Morgan fingerprint density at radius 2 is 1.54 bits per heavy atom. The Balaban J connectivity index is 1.76. The Kier molecular flexibility index (Phi) is 4.78. The van der Waals surface area contributed by atoms with Crippen LogP contribution in [-0.2, 0) is 0 Å². The zero-order valence-electron chi connectivity index (χ0n) is 13.8. The van der Waals surface area contributed by atoms with Crippen LogP contribution in [0.3, 0.4) is 0 Å². The van der Waals surface area contributed by atoms with Crippen molar-refractivity contribution in [2.45, 2.75) is 12.8 Å². The van der Waals surface area contributed by atoms with Gasteiger partial charge in [0, 0.05) is 42.2 Å². The zero-order chi connectivity index (χ0) is 18.7. The minimum atomic E-state index is -0.849. The highest BCUT2D eigenvalue weighted by molar-refractivity contribution is 6.04. The van der Waals surface area contributed by atoms with Gasteiger partial charge in [0.2, 0.25) is 0 Å². The van der Waals surface area contributed by atoms with Gasteiger partial charge in [-0.1, -0.05) is 0 Å². The lowest BCUT2D eigenvalue weighted by Crippen LogP contribution is -2.18. The fourth-order valence-corrected chi connectivity index (χ4v) is 2.90. The number of anilines is 2. The van der Waals surface area contributed by atoms with E-state index in [2.05, 4.69) is 10.2 Å². The summed E-state index contributed by atoms with van der Waals surface area (Å²) in [6.45, 7) is 2.00. The first kappa shape index (κ1) is 17.3. The van der Waals surface area contributed by atoms with Crippen molar-refractivity contribution in [1.82, 2.24) is 0 Å². The van der Waals surface area contributed by atoms with Crippen molar-refractivity contribution < 1.29 is 14.6 Å². The monoisotopic (exact) mass is 356 g/mol. The number of rotatable bonds is 5. The average Bonchev–Trinajstić information content (AvgIpc) is 3.16. The Labute approximate surface area is 148 Å². The number of nitrogens with zero attached hydrogens (tertiary/aromatic N) is 3. The lowest BCUT2D eigenvalue weighted by Gasteiger charge is -2.17. The van der Waals surface area contributed by atoms with Gasteiger partial charge in [0.15, 0.2) is 0 Å². The van der Waals surface area contributed by atoms with E-state index in [0.29, 0.717) is 5.56 Å². The maximum Gasteiger partial charge on any atom is 0.348 e. The Morgan fingerprint density at radius 3 is 2.12 bits per heavy atom. The molecule has 26 heavy (non-hydrogen) atoms. The van der Waals surface area contributed by atoms with Crippen LogP contribution in [-0.4, -0.2) is 28.8 Å². The Bertz CT molecular complexity index is 860. The number of hydrogen-bond acceptors (Lipinski definition) is 6. The maximum atomic E-state index is 12.3. The van der Waals surface area contributed by atoms with E-state index in [4.69, 9.17) is 0 Å². The molecule has 0 saturated carbocycles. The van der Waals surface area contributed by atoms with Crippen molar-refractivity contribution in [3.8, 4) is 0 Å². The van der Waals surface area contributed by atoms with Crippen molar-refractivity contribution in [2.24, 2.45) is 0 Å². The highest BCUT2D eigenvalue weighted by Gasteiger charge is 2.24. The molecule has 2 aromatic carbocycles. The smallest absolute Gasteiger partial charge is 0.348 e. The minimum Gasteiger partial charge on any atom is -0.372 e. The molecule has 1 aliphatic heterocycles. The molecule has 1 heterocycles. The van der Waals surface area contributed by atoms with E-state index in [1.165, 1.54) is 6.07 Å². The SMILES string of the molecule is O=C(Nc1ccc([N+](=O)[O-])c([N+](=O)[O-])c1)c1ccc(N2CCCC2)cc1. The highest BCUT2D eigenvalue weighted by atomic mass is 16.6. The molecular weight excluding hydrogens is 340 g/mol. The molecule has 0 bridgehead atoms. The van der Waals surface area contributed by atoms with Gasteiger partial charge < -0.3 is 10.2 Å². The van der Waals surface area contributed by atoms with Crippen LogP contribution in [0.5, 0.6) is 0 Å². The molecule has 0 aliphatic carbocycles. The fourth-order valence-electron chi connectivity index (χ4n) is 2.90. The third-order valence-electron chi connectivity index (χ3n) is 4.23. The number of carbonyl (C=O) groups excluding carboxylic acids is 1. The van der Waals surface area contributed by atoms with Crippen molar-refractivity contribution in [2.75, 3.05) is 23.3 Å². The molecule has 9 nitrogen and oxygen atoms in total. The third kappa shape index (κ3) is 3.61. The molecule has 0 radical (unpaired) electrons. The van der Waals surface area contributed by atoms with Gasteiger partial charge in [0.25, 0.3) is 5.91 Å². The summed E-state index contributed by atoms with van der Waals surface area (Å²) in [7, 11) is 0. The number of nitro benzene ring substituents is 2. The first-order valence-electron chi connectivity index (χ1n) is 8.05. The highest BCUT2D eigenvalue weighted by Crippen LogP contribution is 2.30. The van der Waals surface area contributed by atoms with E-state index in [0.717, 1.165) is 43.8 Å². The summed E-state index contributed by atoms with van der Waals surface area (Å²) < 4.78 is 0. The van der Waals surface area contributed by atoms with Gasteiger partial charge >= 0.3 is 11.4 Å². The van der Waals surface area contributed by atoms with Crippen molar-refractivity contribution in [3.63, 3.8) is 0 Å². The predicted molar refractivity (Wildman–Crippen MR) is 95.6 cm³/mol. The van der Waals surface area contributed by atoms with Gasteiger partial charge in [-0.3, -0.25) is 25.0 Å².